The van der Waals surface area contributed by atoms with Crippen LogP contribution in [0.2, 0.25) is 0 Å². The molecule has 0 amide bonds. The van der Waals surface area contributed by atoms with E-state index in [2.05, 4.69) is 4.98 Å². The molecule has 0 fully saturated rings. The number of benzene rings is 1. The van der Waals surface area contributed by atoms with E-state index in [1.165, 1.54) is 0 Å². The molecule has 0 saturated carbocycles. The molecule has 0 aliphatic carbocycles. The van der Waals surface area contributed by atoms with Crippen LogP contribution in [0, 0.1) is 6.92 Å². The number of imidazole rings is 1. The van der Waals surface area contributed by atoms with Crippen molar-refractivity contribution in [2.24, 2.45) is 0 Å². The molecule has 3 aromatic rings. The summed E-state index contributed by atoms with van der Waals surface area (Å²) in [5.74, 6) is 1.40. The van der Waals surface area contributed by atoms with Crippen molar-refractivity contribution in [1.82, 2.24) is 9.38 Å². The molecule has 2 aromatic heterocycles. The van der Waals surface area contributed by atoms with Gasteiger partial charge in [-0.3, -0.25) is 4.40 Å². The van der Waals surface area contributed by atoms with E-state index in [0.717, 1.165) is 28.2 Å². The first-order chi connectivity index (χ1) is 9.20. The van der Waals surface area contributed by atoms with Crippen molar-refractivity contribution in [3.8, 4) is 17.0 Å². The third-order valence-electron chi connectivity index (χ3n) is 3.18. The highest BCUT2D eigenvalue weighted by molar-refractivity contribution is 5.79. The number of nitrogens with zero attached hydrogens (tertiary/aromatic N) is 2. The van der Waals surface area contributed by atoms with Crippen molar-refractivity contribution in [1.29, 1.82) is 0 Å². The van der Waals surface area contributed by atoms with Gasteiger partial charge in [0.2, 0.25) is 0 Å². The summed E-state index contributed by atoms with van der Waals surface area (Å²) in [5.41, 5.74) is 9.85. The number of methoxy groups -OCH3 is 1. The number of aryl methyl sites for hydroxylation is 1. The van der Waals surface area contributed by atoms with Crippen LogP contribution in [0.15, 0.2) is 42.6 Å². The lowest BCUT2D eigenvalue weighted by molar-refractivity contribution is 0.416. The molecule has 0 unspecified atom stereocenters. The second-order valence-corrected chi connectivity index (χ2v) is 4.48. The van der Waals surface area contributed by atoms with Crippen molar-refractivity contribution in [2.45, 2.75) is 6.92 Å². The fourth-order valence-electron chi connectivity index (χ4n) is 2.20. The summed E-state index contributed by atoms with van der Waals surface area (Å²) in [4.78, 5) is 4.61. The Morgan fingerprint density at radius 3 is 2.79 bits per heavy atom. The fraction of sp³-hybridized carbons (Fsp3) is 0.133. The number of aromatic nitrogens is 2. The van der Waals surface area contributed by atoms with Crippen molar-refractivity contribution in [3.05, 3.63) is 48.2 Å². The molecule has 2 heterocycles. The van der Waals surface area contributed by atoms with Crippen LogP contribution in [0.1, 0.15) is 5.56 Å². The number of ether oxygens (including phenoxy) is 1. The third kappa shape index (κ3) is 1.81. The van der Waals surface area contributed by atoms with E-state index in [1.807, 2.05) is 53.9 Å². The molecule has 4 nitrogen and oxygen atoms in total. The number of nitrogens with two attached hydrogens (primary N) is 1. The Kier molecular flexibility index (Phi) is 2.63. The molecular weight excluding hydrogens is 238 g/mol. The van der Waals surface area contributed by atoms with E-state index in [4.69, 9.17) is 10.5 Å². The van der Waals surface area contributed by atoms with Gasteiger partial charge in [0.15, 0.2) is 0 Å². The highest BCUT2D eigenvalue weighted by Gasteiger charge is 2.14. The lowest BCUT2D eigenvalue weighted by atomic mass is 10.1. The van der Waals surface area contributed by atoms with Gasteiger partial charge in [0.05, 0.1) is 7.11 Å². The quantitative estimate of drug-likeness (QED) is 0.764. The summed E-state index contributed by atoms with van der Waals surface area (Å²) < 4.78 is 7.25. The molecule has 4 heteroatoms. The Balaban J connectivity index is 2.28. The van der Waals surface area contributed by atoms with Crippen LogP contribution in [0.4, 0.5) is 5.82 Å². The van der Waals surface area contributed by atoms with Crippen LogP contribution in [0.5, 0.6) is 5.75 Å². The molecule has 0 aliphatic rings. The van der Waals surface area contributed by atoms with Crippen molar-refractivity contribution in [2.75, 3.05) is 12.8 Å². The summed E-state index contributed by atoms with van der Waals surface area (Å²) in [5, 5.41) is 0. The second kappa shape index (κ2) is 4.31. The first-order valence-corrected chi connectivity index (χ1v) is 6.08. The zero-order chi connectivity index (χ0) is 13.4. The van der Waals surface area contributed by atoms with E-state index in [-0.39, 0.29) is 0 Å². The Labute approximate surface area is 111 Å². The Bertz CT molecular complexity index is 746. The number of pyridine rings is 1. The average molecular weight is 253 g/mol. The van der Waals surface area contributed by atoms with Crippen LogP contribution in [-0.4, -0.2) is 16.5 Å². The van der Waals surface area contributed by atoms with Gasteiger partial charge in [0.25, 0.3) is 0 Å². The molecule has 1 aromatic carbocycles. The maximum absolute atomic E-state index is 6.19. The van der Waals surface area contributed by atoms with Gasteiger partial charge in [-0.2, -0.15) is 0 Å². The second-order valence-electron chi connectivity index (χ2n) is 4.48. The topological polar surface area (TPSA) is 52.5 Å². The molecule has 0 atom stereocenters. The lowest BCUT2D eigenvalue weighted by Crippen LogP contribution is -1.95. The molecular formula is C15H15N3O. The smallest absolute Gasteiger partial charge is 0.139 e. The predicted octanol–water partition coefficient (Wildman–Crippen LogP) is 2.90. The maximum atomic E-state index is 6.19. The molecule has 0 spiro atoms. The summed E-state index contributed by atoms with van der Waals surface area (Å²) in [6, 6.07) is 11.8. The van der Waals surface area contributed by atoms with Gasteiger partial charge < -0.3 is 10.5 Å². The highest BCUT2D eigenvalue weighted by atomic mass is 16.5. The summed E-state index contributed by atoms with van der Waals surface area (Å²) in [7, 11) is 1.65. The molecule has 96 valence electrons. The van der Waals surface area contributed by atoms with E-state index < -0.39 is 0 Å². The molecule has 0 radical (unpaired) electrons. The average Bonchev–Trinajstić information content (AvgIpc) is 2.75. The predicted molar refractivity (Wildman–Crippen MR) is 76.3 cm³/mol. The fourth-order valence-corrected chi connectivity index (χ4v) is 2.20. The molecule has 3 rings (SSSR count). The Hall–Kier alpha value is -2.49. The molecule has 19 heavy (non-hydrogen) atoms. The number of fused-ring (bicyclic) bond motifs is 1. The number of anilines is 1. The van der Waals surface area contributed by atoms with E-state index in [9.17, 15) is 0 Å². The maximum Gasteiger partial charge on any atom is 0.139 e. The monoisotopic (exact) mass is 253 g/mol. The standard InChI is InChI=1S/C15H15N3O/c1-10-7-8-18-13(9-10)17-14(15(18)16)11-5-3-4-6-12(11)19-2/h3-9H,16H2,1-2H3. The molecule has 2 N–H and O–H groups in total. The van der Waals surface area contributed by atoms with Crippen LogP contribution in [0.25, 0.3) is 16.9 Å². The van der Waals surface area contributed by atoms with Crippen LogP contribution in [0.3, 0.4) is 0 Å². The number of para-hydroxylation sites is 1. The first-order valence-electron chi connectivity index (χ1n) is 6.08. The van der Waals surface area contributed by atoms with Crippen LogP contribution in [-0.2, 0) is 0 Å². The Morgan fingerprint density at radius 2 is 2.00 bits per heavy atom. The number of hydrogen-bond donors (Lipinski definition) is 1. The number of nitrogen functional groups attached to an aromatic ring is 1. The van der Waals surface area contributed by atoms with E-state index >= 15 is 0 Å². The normalized spacial score (nSPS) is 10.8. The van der Waals surface area contributed by atoms with Crippen molar-refractivity contribution < 1.29 is 4.74 Å². The highest BCUT2D eigenvalue weighted by Crippen LogP contribution is 2.33. The minimum absolute atomic E-state index is 0.625. The van der Waals surface area contributed by atoms with Gasteiger partial charge in [-0.05, 0) is 36.8 Å². The molecule has 0 aliphatic heterocycles. The summed E-state index contributed by atoms with van der Waals surface area (Å²) >= 11 is 0. The zero-order valence-electron chi connectivity index (χ0n) is 10.9. The van der Waals surface area contributed by atoms with Gasteiger partial charge in [-0.25, -0.2) is 4.98 Å². The van der Waals surface area contributed by atoms with Crippen molar-refractivity contribution >= 4 is 11.5 Å². The van der Waals surface area contributed by atoms with Gasteiger partial charge in [-0.15, -0.1) is 0 Å². The molecule has 0 saturated heterocycles. The third-order valence-corrected chi connectivity index (χ3v) is 3.18. The van der Waals surface area contributed by atoms with Crippen LogP contribution < -0.4 is 10.5 Å². The SMILES string of the molecule is COc1ccccc1-c1nc2cc(C)ccn2c1N. The van der Waals surface area contributed by atoms with Gasteiger partial charge in [0.1, 0.15) is 22.9 Å². The number of hydrogen-bond acceptors (Lipinski definition) is 3. The lowest BCUT2D eigenvalue weighted by Gasteiger charge is -2.06. The largest absolute Gasteiger partial charge is 0.496 e. The van der Waals surface area contributed by atoms with Gasteiger partial charge in [0, 0.05) is 11.8 Å². The zero-order valence-corrected chi connectivity index (χ0v) is 10.9. The van der Waals surface area contributed by atoms with E-state index in [0.29, 0.717) is 5.82 Å². The van der Waals surface area contributed by atoms with Gasteiger partial charge >= 0.3 is 0 Å². The Morgan fingerprint density at radius 1 is 1.21 bits per heavy atom. The molecule has 0 bridgehead atoms. The van der Waals surface area contributed by atoms with E-state index in [1.54, 1.807) is 7.11 Å². The van der Waals surface area contributed by atoms with Crippen molar-refractivity contribution in [3.63, 3.8) is 0 Å². The minimum Gasteiger partial charge on any atom is -0.496 e. The van der Waals surface area contributed by atoms with Gasteiger partial charge in [-0.1, -0.05) is 12.1 Å². The summed E-state index contributed by atoms with van der Waals surface area (Å²) in [6.45, 7) is 2.04. The first kappa shape index (κ1) is 11.6. The number of rotatable bonds is 2. The summed E-state index contributed by atoms with van der Waals surface area (Å²) in [6.07, 6.45) is 1.94. The minimum atomic E-state index is 0.625. The van der Waals surface area contributed by atoms with Crippen LogP contribution >= 0.6 is 0 Å².